The standard InChI is InChI=1S/C6H13NO6P2S/c8-14(9,10)6(15(11,12)13)7-2-1-4-16-5-3-7/h1,4,6H,2-3,5H2,(H2,8,9,10)(H2,11,12,13). The molecule has 0 aliphatic carbocycles. The van der Waals surface area contributed by atoms with Crippen molar-refractivity contribution in [3.8, 4) is 0 Å². The van der Waals surface area contributed by atoms with Crippen LogP contribution < -0.4 is 0 Å². The Morgan fingerprint density at radius 3 is 2.25 bits per heavy atom. The van der Waals surface area contributed by atoms with Gasteiger partial charge in [0.05, 0.1) is 0 Å². The molecule has 0 aromatic heterocycles. The van der Waals surface area contributed by atoms with Crippen LogP contribution in [0.15, 0.2) is 11.5 Å². The average Bonchev–Trinajstić information content (AvgIpc) is 2.27. The lowest BCUT2D eigenvalue weighted by Crippen LogP contribution is -2.36. The van der Waals surface area contributed by atoms with Gasteiger partial charge in [0.15, 0.2) is 0 Å². The Labute approximate surface area is 96.9 Å². The summed E-state index contributed by atoms with van der Waals surface area (Å²) in [5.41, 5.74) is -2.04. The van der Waals surface area contributed by atoms with Gasteiger partial charge in [0, 0.05) is 18.8 Å². The lowest BCUT2D eigenvalue weighted by atomic mass is 10.5. The molecule has 1 aliphatic rings. The molecule has 1 heterocycles. The van der Waals surface area contributed by atoms with Gasteiger partial charge in [0.2, 0.25) is 5.52 Å². The van der Waals surface area contributed by atoms with Crippen LogP contribution in [0.25, 0.3) is 0 Å². The van der Waals surface area contributed by atoms with E-state index >= 15 is 0 Å². The van der Waals surface area contributed by atoms with Crippen LogP contribution in [0.2, 0.25) is 0 Å². The van der Waals surface area contributed by atoms with E-state index in [2.05, 4.69) is 0 Å². The van der Waals surface area contributed by atoms with E-state index < -0.39 is 20.7 Å². The Kier molecular flexibility index (Phi) is 4.80. The number of hydrogen-bond donors (Lipinski definition) is 4. The van der Waals surface area contributed by atoms with E-state index in [0.29, 0.717) is 5.75 Å². The molecule has 0 amide bonds. The maximum Gasteiger partial charge on any atom is 0.354 e. The van der Waals surface area contributed by atoms with Crippen LogP contribution >= 0.6 is 27.0 Å². The van der Waals surface area contributed by atoms with Crippen molar-refractivity contribution in [3.63, 3.8) is 0 Å². The van der Waals surface area contributed by atoms with E-state index in [1.807, 2.05) is 0 Å². The predicted octanol–water partition coefficient (Wildman–Crippen LogP) is 0.188. The van der Waals surface area contributed by atoms with Crippen molar-refractivity contribution >= 4 is 27.0 Å². The Morgan fingerprint density at radius 1 is 1.19 bits per heavy atom. The molecule has 0 aromatic rings. The molecule has 10 heteroatoms. The summed E-state index contributed by atoms with van der Waals surface area (Å²) < 4.78 is 22.2. The van der Waals surface area contributed by atoms with Gasteiger partial charge in [0.25, 0.3) is 0 Å². The third kappa shape index (κ3) is 3.98. The number of thioether (sulfide) groups is 1. The summed E-state index contributed by atoms with van der Waals surface area (Å²) in [5.74, 6) is 0.535. The molecule has 1 aliphatic heterocycles. The average molecular weight is 289 g/mol. The predicted molar refractivity (Wildman–Crippen MR) is 61.0 cm³/mol. The normalized spacial score (nSPS) is 20.1. The molecule has 1 rings (SSSR count). The monoisotopic (exact) mass is 289 g/mol. The molecule has 0 bridgehead atoms. The molecular weight excluding hydrogens is 276 g/mol. The molecule has 0 aromatic carbocycles. The van der Waals surface area contributed by atoms with E-state index in [4.69, 9.17) is 19.6 Å². The Bertz CT molecular complexity index is 340. The van der Waals surface area contributed by atoms with Gasteiger partial charge in [-0.3, -0.25) is 14.0 Å². The van der Waals surface area contributed by atoms with Crippen molar-refractivity contribution in [2.24, 2.45) is 0 Å². The third-order valence-electron chi connectivity index (χ3n) is 1.96. The molecule has 16 heavy (non-hydrogen) atoms. The second-order valence-corrected chi connectivity index (χ2v) is 8.02. The van der Waals surface area contributed by atoms with Crippen LogP contribution in [0.4, 0.5) is 0 Å². The molecule has 0 unspecified atom stereocenters. The first-order valence-electron chi connectivity index (χ1n) is 4.34. The largest absolute Gasteiger partial charge is 0.354 e. The van der Waals surface area contributed by atoms with Crippen LogP contribution in [0, 0.1) is 0 Å². The van der Waals surface area contributed by atoms with Gasteiger partial charge in [-0.1, -0.05) is 6.08 Å². The lowest BCUT2D eigenvalue weighted by Gasteiger charge is -2.30. The summed E-state index contributed by atoms with van der Waals surface area (Å²) in [5, 5.41) is 1.75. The molecular formula is C6H13NO6P2S. The quantitative estimate of drug-likeness (QED) is 0.544. The number of nitrogens with zero attached hydrogens (tertiary/aromatic N) is 1. The Balaban J connectivity index is 2.97. The fraction of sp³-hybridized carbons (Fsp3) is 0.667. The maximum absolute atomic E-state index is 11.1. The second kappa shape index (κ2) is 5.33. The second-order valence-electron chi connectivity index (χ2n) is 3.26. The highest BCUT2D eigenvalue weighted by Gasteiger charge is 2.47. The highest BCUT2D eigenvalue weighted by atomic mass is 32.2. The number of hydrogen-bond acceptors (Lipinski definition) is 4. The first-order valence-corrected chi connectivity index (χ1v) is 8.75. The summed E-state index contributed by atoms with van der Waals surface area (Å²) in [6, 6.07) is 0. The van der Waals surface area contributed by atoms with E-state index in [1.165, 1.54) is 11.8 Å². The summed E-state index contributed by atoms with van der Waals surface area (Å²) in [6.45, 7) is 0.340. The van der Waals surface area contributed by atoms with Gasteiger partial charge in [-0.2, -0.15) is 0 Å². The van der Waals surface area contributed by atoms with Crippen molar-refractivity contribution in [1.82, 2.24) is 4.90 Å². The minimum atomic E-state index is -4.87. The van der Waals surface area contributed by atoms with Crippen LogP contribution in [0.1, 0.15) is 0 Å². The maximum atomic E-state index is 11.1. The summed E-state index contributed by atoms with van der Waals surface area (Å²) >= 11 is 1.43. The number of rotatable bonds is 3. The van der Waals surface area contributed by atoms with Crippen molar-refractivity contribution in [1.29, 1.82) is 0 Å². The summed E-state index contributed by atoms with van der Waals surface area (Å²) in [7, 11) is -9.73. The van der Waals surface area contributed by atoms with Crippen LogP contribution in [-0.2, 0) is 9.13 Å². The van der Waals surface area contributed by atoms with Crippen LogP contribution in [0.3, 0.4) is 0 Å². The van der Waals surface area contributed by atoms with E-state index in [9.17, 15) is 9.13 Å². The topological polar surface area (TPSA) is 118 Å². The molecule has 0 saturated carbocycles. The third-order valence-corrected chi connectivity index (χ3v) is 6.42. The smallest absolute Gasteiger partial charge is 0.323 e. The van der Waals surface area contributed by atoms with Gasteiger partial charge in [0.1, 0.15) is 0 Å². The Hall–Kier alpha value is 0.350. The SMILES string of the molecule is O=P(O)(O)C(N1CC=CSCC1)P(=O)(O)O. The van der Waals surface area contributed by atoms with Gasteiger partial charge in [-0.05, 0) is 5.41 Å². The Morgan fingerprint density at radius 2 is 1.75 bits per heavy atom. The molecule has 4 N–H and O–H groups in total. The molecule has 0 saturated heterocycles. The van der Waals surface area contributed by atoms with Crippen molar-refractivity contribution in [3.05, 3.63) is 11.5 Å². The van der Waals surface area contributed by atoms with E-state index in [-0.39, 0.29) is 13.1 Å². The van der Waals surface area contributed by atoms with Crippen molar-refractivity contribution < 1.29 is 28.7 Å². The van der Waals surface area contributed by atoms with Gasteiger partial charge >= 0.3 is 15.2 Å². The molecule has 0 fully saturated rings. The molecule has 0 atom stereocenters. The van der Waals surface area contributed by atoms with Crippen molar-refractivity contribution in [2.75, 3.05) is 18.8 Å². The minimum Gasteiger partial charge on any atom is -0.323 e. The molecule has 0 spiro atoms. The highest BCUT2D eigenvalue weighted by Crippen LogP contribution is 2.61. The van der Waals surface area contributed by atoms with Crippen molar-refractivity contribution in [2.45, 2.75) is 5.52 Å². The first-order chi connectivity index (χ1) is 7.23. The molecule has 0 radical (unpaired) electrons. The van der Waals surface area contributed by atoms with E-state index in [0.717, 1.165) is 4.90 Å². The van der Waals surface area contributed by atoms with Crippen LogP contribution in [-0.4, -0.2) is 48.8 Å². The lowest BCUT2D eigenvalue weighted by molar-refractivity contribution is 0.249. The summed E-state index contributed by atoms with van der Waals surface area (Å²) in [6.07, 6.45) is 1.62. The summed E-state index contributed by atoms with van der Waals surface area (Å²) in [4.78, 5) is 37.1. The zero-order valence-corrected chi connectivity index (χ0v) is 10.8. The van der Waals surface area contributed by atoms with Gasteiger partial charge in [-0.25, -0.2) is 0 Å². The first kappa shape index (κ1) is 14.4. The fourth-order valence-corrected chi connectivity index (χ4v) is 4.94. The van der Waals surface area contributed by atoms with Crippen LogP contribution in [0.5, 0.6) is 0 Å². The fourth-order valence-electron chi connectivity index (χ4n) is 1.41. The minimum absolute atomic E-state index is 0.119. The molecule has 94 valence electrons. The van der Waals surface area contributed by atoms with Gasteiger partial charge < -0.3 is 19.6 Å². The molecule has 7 nitrogen and oxygen atoms in total. The zero-order valence-electron chi connectivity index (χ0n) is 8.21. The zero-order chi connectivity index (χ0) is 12.4. The highest BCUT2D eigenvalue weighted by molar-refractivity contribution is 8.02. The van der Waals surface area contributed by atoms with Gasteiger partial charge in [-0.15, -0.1) is 11.8 Å². The van der Waals surface area contributed by atoms with E-state index in [1.54, 1.807) is 11.5 Å².